The Morgan fingerprint density at radius 2 is 1.61 bits per heavy atom. The minimum atomic E-state index is -3.96. The van der Waals surface area contributed by atoms with Gasteiger partial charge in [0.2, 0.25) is 5.78 Å². The topological polar surface area (TPSA) is 100 Å². The van der Waals surface area contributed by atoms with E-state index in [0.717, 1.165) is 38.0 Å². The molecule has 0 atom stereocenters. The van der Waals surface area contributed by atoms with Crippen molar-refractivity contribution in [1.29, 1.82) is 0 Å². The molecule has 1 aliphatic rings. The minimum Gasteiger partial charge on any atom is -0.342 e. The molecule has 2 heterocycles. The van der Waals surface area contributed by atoms with E-state index < -0.39 is 21.9 Å². The van der Waals surface area contributed by atoms with Gasteiger partial charge < -0.3 is 9.80 Å². The SMILES string of the molecule is CN(C)C(=O)C(=O)c1ccc2c(c1)c(C(=O)N1CCC(Cc3ccc(F)cc3)CC1)cn2S(=O)(=O)N(C)C. The van der Waals surface area contributed by atoms with Gasteiger partial charge in [-0.1, -0.05) is 12.1 Å². The lowest BCUT2D eigenvalue weighted by Crippen LogP contribution is -2.39. The summed E-state index contributed by atoms with van der Waals surface area (Å²) in [6, 6.07) is 10.7. The van der Waals surface area contributed by atoms with Crippen molar-refractivity contribution in [2.45, 2.75) is 19.3 Å². The number of aromatic nitrogens is 1. The van der Waals surface area contributed by atoms with Gasteiger partial charge in [-0.05, 0) is 61.1 Å². The van der Waals surface area contributed by atoms with Gasteiger partial charge in [0.1, 0.15) is 5.82 Å². The van der Waals surface area contributed by atoms with Crippen molar-refractivity contribution in [2.24, 2.45) is 5.92 Å². The number of hydrogen-bond acceptors (Lipinski definition) is 5. The molecule has 0 saturated carbocycles. The van der Waals surface area contributed by atoms with Crippen LogP contribution in [0.25, 0.3) is 10.9 Å². The number of Topliss-reactive ketones (excluding diaryl/α,β-unsaturated/α-hetero) is 1. The van der Waals surface area contributed by atoms with Crippen molar-refractivity contribution >= 4 is 38.7 Å². The van der Waals surface area contributed by atoms with Gasteiger partial charge >= 0.3 is 10.2 Å². The summed E-state index contributed by atoms with van der Waals surface area (Å²) in [5, 5.41) is 0.284. The molecule has 3 aromatic rings. The van der Waals surface area contributed by atoms with Crippen LogP contribution in [0.5, 0.6) is 0 Å². The number of nitrogens with zero attached hydrogens (tertiary/aromatic N) is 4. The van der Waals surface area contributed by atoms with Crippen LogP contribution in [0.4, 0.5) is 4.39 Å². The lowest BCUT2D eigenvalue weighted by molar-refractivity contribution is -0.124. The fourth-order valence-electron chi connectivity index (χ4n) is 4.67. The summed E-state index contributed by atoms with van der Waals surface area (Å²) in [4.78, 5) is 41.4. The van der Waals surface area contributed by atoms with Gasteiger partial charge in [0, 0.05) is 58.4 Å². The van der Waals surface area contributed by atoms with Crippen LogP contribution in [0.3, 0.4) is 0 Å². The predicted octanol–water partition coefficient (Wildman–Crippen LogP) is 2.80. The Morgan fingerprint density at radius 3 is 2.18 bits per heavy atom. The Kier molecular flexibility index (Phi) is 7.70. The first-order chi connectivity index (χ1) is 17.9. The largest absolute Gasteiger partial charge is 0.342 e. The fraction of sp³-hybridized carbons (Fsp3) is 0.370. The van der Waals surface area contributed by atoms with E-state index in [1.54, 1.807) is 17.0 Å². The molecule has 38 heavy (non-hydrogen) atoms. The summed E-state index contributed by atoms with van der Waals surface area (Å²) in [5.41, 5.74) is 1.50. The van der Waals surface area contributed by atoms with Crippen LogP contribution in [-0.4, -0.2) is 85.4 Å². The number of rotatable bonds is 7. The van der Waals surface area contributed by atoms with Crippen molar-refractivity contribution in [2.75, 3.05) is 41.3 Å². The maximum Gasteiger partial charge on any atom is 0.307 e. The Bertz CT molecular complexity index is 1490. The highest BCUT2D eigenvalue weighted by Crippen LogP contribution is 2.29. The summed E-state index contributed by atoms with van der Waals surface area (Å²) in [6.45, 7) is 0.963. The monoisotopic (exact) mass is 542 g/mol. The zero-order valence-corrected chi connectivity index (χ0v) is 22.7. The molecule has 0 aliphatic carbocycles. The summed E-state index contributed by atoms with van der Waals surface area (Å²) in [5.74, 6) is -1.76. The number of carbonyl (C=O) groups excluding carboxylic acids is 3. The van der Waals surface area contributed by atoms with Gasteiger partial charge in [-0.2, -0.15) is 12.7 Å². The summed E-state index contributed by atoms with van der Waals surface area (Å²) < 4.78 is 41.3. The Morgan fingerprint density at radius 1 is 0.974 bits per heavy atom. The Balaban J connectivity index is 1.64. The summed E-state index contributed by atoms with van der Waals surface area (Å²) in [7, 11) is 1.75. The van der Waals surface area contributed by atoms with Gasteiger partial charge in [-0.15, -0.1) is 0 Å². The first-order valence-corrected chi connectivity index (χ1v) is 13.7. The maximum absolute atomic E-state index is 13.7. The second-order valence-corrected chi connectivity index (χ2v) is 12.0. The standard InChI is InChI=1S/C27H31FN4O5S/c1-29(2)27(35)25(33)20-7-10-24-22(16-20)23(17-32(24)38(36,37)30(3)4)26(34)31-13-11-19(12-14-31)15-18-5-8-21(28)9-6-18/h5-10,16-17,19H,11-15H2,1-4H3. The fourth-order valence-corrected chi connectivity index (χ4v) is 5.67. The highest BCUT2D eigenvalue weighted by molar-refractivity contribution is 7.87. The molecular weight excluding hydrogens is 511 g/mol. The normalized spacial score (nSPS) is 14.7. The van der Waals surface area contributed by atoms with E-state index in [1.807, 2.05) is 0 Å². The van der Waals surface area contributed by atoms with Crippen molar-refractivity contribution in [3.05, 3.63) is 71.2 Å². The molecule has 9 nitrogen and oxygen atoms in total. The predicted molar refractivity (Wildman–Crippen MR) is 142 cm³/mol. The van der Waals surface area contributed by atoms with E-state index in [9.17, 15) is 27.2 Å². The second-order valence-electron chi connectivity index (χ2n) is 9.96. The van der Waals surface area contributed by atoms with Gasteiger partial charge in [-0.25, -0.2) is 8.36 Å². The summed E-state index contributed by atoms with van der Waals surface area (Å²) in [6.07, 6.45) is 3.57. The lowest BCUT2D eigenvalue weighted by Gasteiger charge is -2.32. The molecule has 11 heteroatoms. The van der Waals surface area contributed by atoms with Crippen LogP contribution in [0, 0.1) is 11.7 Å². The highest BCUT2D eigenvalue weighted by Gasteiger charge is 2.30. The molecular formula is C27H31FN4O5S. The van der Waals surface area contributed by atoms with Gasteiger partial charge in [0.15, 0.2) is 0 Å². The summed E-state index contributed by atoms with van der Waals surface area (Å²) >= 11 is 0. The van der Waals surface area contributed by atoms with E-state index in [2.05, 4.69) is 0 Å². The van der Waals surface area contributed by atoms with Crippen LogP contribution < -0.4 is 0 Å². The molecule has 1 fully saturated rings. The molecule has 1 aliphatic heterocycles. The highest BCUT2D eigenvalue weighted by atomic mass is 32.2. The van der Waals surface area contributed by atoms with Crippen molar-refractivity contribution in [1.82, 2.24) is 18.1 Å². The van der Waals surface area contributed by atoms with Crippen LogP contribution in [0.2, 0.25) is 0 Å². The zero-order chi connectivity index (χ0) is 27.8. The van der Waals surface area contributed by atoms with Crippen molar-refractivity contribution in [3.63, 3.8) is 0 Å². The molecule has 202 valence electrons. The number of likely N-dealkylation sites (tertiary alicyclic amines) is 1. The van der Waals surface area contributed by atoms with E-state index in [0.29, 0.717) is 19.0 Å². The number of benzene rings is 2. The van der Waals surface area contributed by atoms with Crippen LogP contribution in [-0.2, 0) is 21.4 Å². The third kappa shape index (κ3) is 5.34. The van der Waals surface area contributed by atoms with Crippen LogP contribution >= 0.6 is 0 Å². The quantitative estimate of drug-likeness (QED) is 0.338. The molecule has 0 spiro atoms. The number of fused-ring (bicyclic) bond motifs is 1. The first-order valence-electron chi connectivity index (χ1n) is 12.3. The average molecular weight is 543 g/mol. The van der Waals surface area contributed by atoms with Crippen LogP contribution in [0.1, 0.15) is 39.1 Å². The number of carbonyl (C=O) groups is 3. The van der Waals surface area contributed by atoms with Crippen LogP contribution in [0.15, 0.2) is 48.7 Å². The third-order valence-electron chi connectivity index (χ3n) is 6.91. The van der Waals surface area contributed by atoms with E-state index >= 15 is 0 Å². The number of piperidine rings is 1. The molecule has 2 aromatic carbocycles. The molecule has 1 aromatic heterocycles. The molecule has 4 rings (SSSR count). The zero-order valence-electron chi connectivity index (χ0n) is 21.8. The average Bonchev–Trinajstić information content (AvgIpc) is 3.28. The number of hydrogen-bond donors (Lipinski definition) is 0. The van der Waals surface area contributed by atoms with Gasteiger partial charge in [0.25, 0.3) is 11.8 Å². The van der Waals surface area contributed by atoms with Gasteiger partial charge in [0.05, 0.1) is 11.1 Å². The number of halogens is 1. The van der Waals surface area contributed by atoms with Crippen molar-refractivity contribution in [3.8, 4) is 0 Å². The molecule has 2 amide bonds. The smallest absolute Gasteiger partial charge is 0.307 e. The minimum absolute atomic E-state index is 0.0725. The Hall–Kier alpha value is -3.57. The molecule has 0 radical (unpaired) electrons. The molecule has 0 unspecified atom stereocenters. The molecule has 0 bridgehead atoms. The lowest BCUT2D eigenvalue weighted by atomic mass is 9.90. The number of amides is 2. The number of ketones is 1. The first kappa shape index (κ1) is 27.5. The van der Waals surface area contributed by atoms with Crippen molar-refractivity contribution < 1.29 is 27.2 Å². The third-order valence-corrected chi connectivity index (χ3v) is 8.64. The van der Waals surface area contributed by atoms with E-state index in [-0.39, 0.29) is 33.8 Å². The Labute approximate surface area is 221 Å². The maximum atomic E-state index is 13.7. The van der Waals surface area contributed by atoms with Gasteiger partial charge in [-0.3, -0.25) is 14.4 Å². The number of likely N-dealkylation sites (N-methyl/N-ethyl adjacent to an activating group) is 1. The molecule has 0 N–H and O–H groups in total. The van der Waals surface area contributed by atoms with E-state index in [4.69, 9.17) is 0 Å². The second kappa shape index (κ2) is 10.7. The molecule has 1 saturated heterocycles. The van der Waals surface area contributed by atoms with E-state index in [1.165, 1.54) is 64.7 Å².